The van der Waals surface area contributed by atoms with Crippen LogP contribution in [0, 0.1) is 0 Å². The van der Waals surface area contributed by atoms with Crippen LogP contribution in [0.5, 0.6) is 0 Å². The summed E-state index contributed by atoms with van der Waals surface area (Å²) in [6.07, 6.45) is 5.95. The largest absolute Gasteiger partial charge is 0.373 e. The Morgan fingerprint density at radius 2 is 2.06 bits per heavy atom. The number of allylic oxidation sites excluding steroid dienone is 5. The zero-order valence-electron chi connectivity index (χ0n) is 9.90. The molecule has 1 nitrogen and oxygen atoms in total. The number of nitrogens with zero attached hydrogens (tertiary/aromatic N) is 1. The highest BCUT2D eigenvalue weighted by molar-refractivity contribution is 5.79. The summed E-state index contributed by atoms with van der Waals surface area (Å²) in [4.78, 5) is 2.28. The number of fused-ring (bicyclic) bond motifs is 1. The summed E-state index contributed by atoms with van der Waals surface area (Å²) < 4.78 is 0. The van der Waals surface area contributed by atoms with Crippen LogP contribution < -0.4 is 0 Å². The van der Waals surface area contributed by atoms with Crippen LogP contribution in [-0.4, -0.2) is 11.9 Å². The van der Waals surface area contributed by atoms with Crippen molar-refractivity contribution in [2.24, 2.45) is 0 Å². The molecule has 16 heavy (non-hydrogen) atoms. The number of benzene rings is 1. The molecule has 82 valence electrons. The lowest BCUT2D eigenvalue weighted by Gasteiger charge is -2.29. The Morgan fingerprint density at radius 1 is 1.31 bits per heavy atom. The van der Waals surface area contributed by atoms with Crippen LogP contribution in [0.4, 0.5) is 0 Å². The zero-order chi connectivity index (χ0) is 11.5. The third-order valence-corrected chi connectivity index (χ3v) is 3.08. The standard InChI is InChI=1S/C15H17N/c1-4-5-9-14-12(2)16(3)11-13-8-6-7-10-15(13)14/h4-10H,1,11H2,2-3H3/b9-5-. The Bertz CT molecular complexity index is 466. The summed E-state index contributed by atoms with van der Waals surface area (Å²) in [6, 6.07) is 8.58. The second-order valence-electron chi connectivity index (χ2n) is 4.11. The molecule has 0 saturated heterocycles. The van der Waals surface area contributed by atoms with E-state index in [1.807, 2.05) is 12.2 Å². The van der Waals surface area contributed by atoms with E-state index >= 15 is 0 Å². The maximum Gasteiger partial charge on any atom is 0.0429 e. The van der Waals surface area contributed by atoms with Crippen molar-refractivity contribution in [1.82, 2.24) is 4.90 Å². The van der Waals surface area contributed by atoms with Gasteiger partial charge in [-0.1, -0.05) is 49.1 Å². The van der Waals surface area contributed by atoms with Crippen molar-refractivity contribution in [2.75, 3.05) is 7.05 Å². The van der Waals surface area contributed by atoms with E-state index in [2.05, 4.69) is 55.8 Å². The Hall–Kier alpha value is -1.76. The van der Waals surface area contributed by atoms with Crippen LogP contribution in [0.2, 0.25) is 0 Å². The lowest BCUT2D eigenvalue weighted by atomic mass is 9.94. The molecule has 1 heteroatoms. The predicted octanol–water partition coefficient (Wildman–Crippen LogP) is 3.61. The second kappa shape index (κ2) is 4.40. The van der Waals surface area contributed by atoms with Crippen molar-refractivity contribution in [3.63, 3.8) is 0 Å². The maximum absolute atomic E-state index is 3.72. The SMILES string of the molecule is C=C/C=C\C1=C(C)N(C)Cc2ccccc21. The maximum atomic E-state index is 3.72. The van der Waals surface area contributed by atoms with Gasteiger partial charge in [-0.3, -0.25) is 0 Å². The third-order valence-electron chi connectivity index (χ3n) is 3.08. The van der Waals surface area contributed by atoms with Gasteiger partial charge in [0.2, 0.25) is 0 Å². The molecule has 0 fully saturated rings. The molecule has 0 aliphatic carbocycles. The molecule has 1 aromatic carbocycles. The van der Waals surface area contributed by atoms with E-state index in [4.69, 9.17) is 0 Å². The fourth-order valence-corrected chi connectivity index (χ4v) is 2.07. The predicted molar refractivity (Wildman–Crippen MR) is 69.8 cm³/mol. The molecule has 0 bridgehead atoms. The van der Waals surface area contributed by atoms with Crippen molar-refractivity contribution in [1.29, 1.82) is 0 Å². The third kappa shape index (κ3) is 1.81. The van der Waals surface area contributed by atoms with Gasteiger partial charge in [0, 0.05) is 24.9 Å². The van der Waals surface area contributed by atoms with E-state index in [9.17, 15) is 0 Å². The minimum Gasteiger partial charge on any atom is -0.373 e. The molecule has 0 aromatic heterocycles. The minimum absolute atomic E-state index is 0.993. The van der Waals surface area contributed by atoms with Crippen molar-refractivity contribution < 1.29 is 0 Å². The second-order valence-corrected chi connectivity index (χ2v) is 4.11. The van der Waals surface area contributed by atoms with Crippen LogP contribution in [0.15, 0.2) is 54.8 Å². The van der Waals surface area contributed by atoms with Crippen LogP contribution in [0.1, 0.15) is 18.1 Å². The van der Waals surface area contributed by atoms with Crippen molar-refractivity contribution in [3.8, 4) is 0 Å². The summed E-state index contributed by atoms with van der Waals surface area (Å²) in [5, 5.41) is 0. The molecule has 2 rings (SSSR count). The van der Waals surface area contributed by atoms with Gasteiger partial charge >= 0.3 is 0 Å². The number of rotatable bonds is 2. The lowest BCUT2D eigenvalue weighted by Crippen LogP contribution is -2.21. The van der Waals surface area contributed by atoms with Gasteiger partial charge in [-0.15, -0.1) is 0 Å². The molecule has 0 spiro atoms. The fraction of sp³-hybridized carbons (Fsp3) is 0.200. The monoisotopic (exact) mass is 211 g/mol. The van der Waals surface area contributed by atoms with Crippen LogP contribution in [0.3, 0.4) is 0 Å². The first kappa shape index (κ1) is 10.7. The molecule has 0 radical (unpaired) electrons. The van der Waals surface area contributed by atoms with E-state index in [1.165, 1.54) is 22.4 Å². The molecule has 0 saturated carbocycles. The van der Waals surface area contributed by atoms with E-state index in [-0.39, 0.29) is 0 Å². The van der Waals surface area contributed by atoms with Crippen LogP contribution in [0.25, 0.3) is 5.57 Å². The average molecular weight is 211 g/mol. The highest BCUT2D eigenvalue weighted by atomic mass is 15.1. The quantitative estimate of drug-likeness (QED) is 0.675. The van der Waals surface area contributed by atoms with Crippen molar-refractivity contribution in [3.05, 3.63) is 65.9 Å². The summed E-state index contributed by atoms with van der Waals surface area (Å²) >= 11 is 0. The molecule has 0 N–H and O–H groups in total. The van der Waals surface area contributed by atoms with Crippen LogP contribution >= 0.6 is 0 Å². The molecule has 0 amide bonds. The van der Waals surface area contributed by atoms with Gasteiger partial charge in [-0.05, 0) is 18.1 Å². The van der Waals surface area contributed by atoms with E-state index < -0.39 is 0 Å². The first-order valence-electron chi connectivity index (χ1n) is 5.53. The summed E-state index contributed by atoms with van der Waals surface area (Å²) in [6.45, 7) is 6.88. The van der Waals surface area contributed by atoms with Gasteiger partial charge < -0.3 is 4.90 Å². The van der Waals surface area contributed by atoms with Crippen molar-refractivity contribution in [2.45, 2.75) is 13.5 Å². The Kier molecular flexibility index (Phi) is 2.95. The first-order chi connectivity index (χ1) is 7.74. The molecule has 1 aromatic rings. The molecule has 1 aliphatic rings. The van der Waals surface area contributed by atoms with E-state index in [0.29, 0.717) is 0 Å². The first-order valence-corrected chi connectivity index (χ1v) is 5.53. The number of hydrogen-bond acceptors (Lipinski definition) is 1. The molecule has 1 aliphatic heterocycles. The topological polar surface area (TPSA) is 3.24 Å². The fourth-order valence-electron chi connectivity index (χ4n) is 2.07. The van der Waals surface area contributed by atoms with E-state index in [0.717, 1.165) is 6.54 Å². The van der Waals surface area contributed by atoms with Gasteiger partial charge in [0.25, 0.3) is 0 Å². The summed E-state index contributed by atoms with van der Waals surface area (Å²) in [7, 11) is 2.13. The molecule has 0 atom stereocenters. The highest BCUT2D eigenvalue weighted by Crippen LogP contribution is 2.31. The summed E-state index contributed by atoms with van der Waals surface area (Å²) in [5.41, 5.74) is 5.34. The normalized spacial score (nSPS) is 15.5. The van der Waals surface area contributed by atoms with Gasteiger partial charge in [0.1, 0.15) is 0 Å². The summed E-state index contributed by atoms with van der Waals surface area (Å²) in [5.74, 6) is 0. The molecular formula is C15H17N. The highest BCUT2D eigenvalue weighted by Gasteiger charge is 2.17. The minimum atomic E-state index is 0.993. The van der Waals surface area contributed by atoms with Gasteiger partial charge in [-0.25, -0.2) is 0 Å². The van der Waals surface area contributed by atoms with Gasteiger partial charge in [0.15, 0.2) is 0 Å². The smallest absolute Gasteiger partial charge is 0.0429 e. The Morgan fingerprint density at radius 3 is 2.81 bits per heavy atom. The molecule has 1 heterocycles. The zero-order valence-corrected chi connectivity index (χ0v) is 9.90. The Labute approximate surface area is 97.4 Å². The van der Waals surface area contributed by atoms with Gasteiger partial charge in [0.05, 0.1) is 0 Å². The molecular weight excluding hydrogens is 194 g/mol. The molecule has 0 unspecified atom stereocenters. The number of hydrogen-bond donors (Lipinski definition) is 0. The average Bonchev–Trinajstić information content (AvgIpc) is 2.30. The van der Waals surface area contributed by atoms with Crippen molar-refractivity contribution >= 4 is 5.57 Å². The Balaban J connectivity index is 2.55. The van der Waals surface area contributed by atoms with E-state index in [1.54, 1.807) is 0 Å². The van der Waals surface area contributed by atoms with Gasteiger partial charge in [-0.2, -0.15) is 0 Å². The lowest BCUT2D eigenvalue weighted by molar-refractivity contribution is 0.408. The van der Waals surface area contributed by atoms with Crippen LogP contribution in [-0.2, 0) is 6.54 Å².